The number of carbonyl (C=O) groups is 1. The van der Waals surface area contributed by atoms with Crippen molar-refractivity contribution in [1.29, 1.82) is 0 Å². The van der Waals surface area contributed by atoms with Crippen LogP contribution in [0.15, 0.2) is 46.3 Å². The van der Waals surface area contributed by atoms with Crippen LogP contribution in [0, 0.1) is 0 Å². The summed E-state index contributed by atoms with van der Waals surface area (Å²) in [4.78, 5) is 16.8. The van der Waals surface area contributed by atoms with Gasteiger partial charge in [0.15, 0.2) is 14.6 Å². The van der Waals surface area contributed by atoms with Gasteiger partial charge in [-0.1, -0.05) is 46.1 Å². The maximum absolute atomic E-state index is 12.3. The van der Waals surface area contributed by atoms with Crippen LogP contribution in [0.25, 0.3) is 10.2 Å². The number of sulfone groups is 1. The molecule has 3 aromatic rings. The molecule has 0 fully saturated rings. The number of halogens is 3. The summed E-state index contributed by atoms with van der Waals surface area (Å²) in [5.41, 5.74) is 0.714. The van der Waals surface area contributed by atoms with E-state index in [1.165, 1.54) is 35.6 Å². The molecule has 0 N–H and O–H groups in total. The first-order valence-corrected chi connectivity index (χ1v) is 11.3. The van der Waals surface area contributed by atoms with Gasteiger partial charge in [0.25, 0.3) is 0 Å². The van der Waals surface area contributed by atoms with E-state index in [0.717, 1.165) is 4.70 Å². The predicted octanol–water partition coefficient (Wildman–Crippen LogP) is 4.49. The highest BCUT2D eigenvalue weighted by atomic mass is 35.5. The second-order valence-corrected chi connectivity index (χ2v) is 10.1. The molecule has 1 heterocycles. The lowest BCUT2D eigenvalue weighted by atomic mass is 10.3. The van der Waals surface area contributed by atoms with E-state index in [1.54, 1.807) is 23.7 Å². The smallest absolute Gasteiger partial charge is 0.249 e. The van der Waals surface area contributed by atoms with Crippen LogP contribution in [0.4, 0.5) is 0 Å². The molecule has 0 saturated heterocycles. The largest absolute Gasteiger partial charge is 0.318 e. The minimum absolute atomic E-state index is 0.119. The van der Waals surface area contributed by atoms with E-state index >= 15 is 0 Å². The zero-order valence-electron chi connectivity index (χ0n) is 13.9. The van der Waals surface area contributed by atoms with E-state index in [-0.39, 0.29) is 17.1 Å². The normalized spacial score (nSPS) is 12.7. The summed E-state index contributed by atoms with van der Waals surface area (Å²) in [6.07, 6.45) is -0.228. The van der Waals surface area contributed by atoms with Crippen LogP contribution in [0.3, 0.4) is 0 Å². The fourth-order valence-corrected chi connectivity index (χ4v) is 5.65. The second kappa shape index (κ2) is 7.93. The van der Waals surface area contributed by atoms with Crippen molar-refractivity contribution in [2.75, 3.05) is 5.75 Å². The summed E-state index contributed by atoms with van der Waals surface area (Å²) in [5.74, 6) is -0.866. The number of benzene rings is 2. The Morgan fingerprint density at radius 3 is 2.44 bits per heavy atom. The summed E-state index contributed by atoms with van der Waals surface area (Å²) in [5, 5.41) is 1.38. The molecular formula is C17H13Cl3N2O3S2. The van der Waals surface area contributed by atoms with Gasteiger partial charge in [-0.3, -0.25) is 4.79 Å². The van der Waals surface area contributed by atoms with Crippen molar-refractivity contribution in [2.45, 2.75) is 11.3 Å². The summed E-state index contributed by atoms with van der Waals surface area (Å²) < 4.78 is 27.1. The Kier molecular flexibility index (Phi) is 5.98. The molecule has 0 aliphatic heterocycles. The fourth-order valence-electron chi connectivity index (χ4n) is 2.45. The quantitative estimate of drug-likeness (QED) is 0.572. The molecule has 10 heteroatoms. The minimum Gasteiger partial charge on any atom is -0.318 e. The number of hydrogen-bond acceptors (Lipinski definition) is 4. The van der Waals surface area contributed by atoms with Gasteiger partial charge in [0.2, 0.25) is 5.91 Å². The highest BCUT2D eigenvalue weighted by molar-refractivity contribution is 7.91. The molecule has 0 bridgehead atoms. The summed E-state index contributed by atoms with van der Waals surface area (Å²) in [6, 6.07) is 9.16. The zero-order chi connectivity index (χ0) is 19.8. The number of nitrogens with zero attached hydrogens (tertiary/aromatic N) is 2. The molecule has 1 aromatic heterocycles. The molecule has 0 atom stereocenters. The van der Waals surface area contributed by atoms with Crippen molar-refractivity contribution in [1.82, 2.24) is 4.57 Å². The van der Waals surface area contributed by atoms with Crippen molar-refractivity contribution < 1.29 is 13.2 Å². The SMILES string of the molecule is Cn1c(=NC(=O)CCS(=O)(=O)c2ccc(Cl)cc2)sc2cc(Cl)cc(Cl)c21. The van der Waals surface area contributed by atoms with E-state index in [0.29, 0.717) is 25.4 Å². The average molecular weight is 464 g/mol. The predicted molar refractivity (Wildman–Crippen MR) is 110 cm³/mol. The molecule has 2 aromatic carbocycles. The van der Waals surface area contributed by atoms with Gasteiger partial charge in [0, 0.05) is 23.5 Å². The zero-order valence-corrected chi connectivity index (χ0v) is 17.8. The number of aryl methyl sites for hydroxylation is 1. The van der Waals surface area contributed by atoms with Gasteiger partial charge in [0.1, 0.15) is 0 Å². The van der Waals surface area contributed by atoms with Gasteiger partial charge in [0.05, 0.1) is 25.9 Å². The molecule has 3 rings (SSSR count). The van der Waals surface area contributed by atoms with Gasteiger partial charge < -0.3 is 4.57 Å². The summed E-state index contributed by atoms with van der Waals surface area (Å²) in [7, 11) is -1.86. The second-order valence-electron chi connectivity index (χ2n) is 5.71. The van der Waals surface area contributed by atoms with E-state index in [1.807, 2.05) is 0 Å². The third kappa shape index (κ3) is 4.55. The highest BCUT2D eigenvalue weighted by Gasteiger charge is 2.17. The standard InChI is InChI=1S/C17H13Cl3N2O3S2/c1-22-16-13(20)8-11(19)9-14(16)26-17(22)21-15(23)6-7-27(24,25)12-4-2-10(18)3-5-12/h2-5,8-9H,6-7H2,1H3. The fraction of sp³-hybridized carbons (Fsp3) is 0.176. The highest BCUT2D eigenvalue weighted by Crippen LogP contribution is 2.29. The van der Waals surface area contributed by atoms with Gasteiger partial charge >= 0.3 is 0 Å². The lowest BCUT2D eigenvalue weighted by Crippen LogP contribution is -2.16. The van der Waals surface area contributed by atoms with Crippen LogP contribution >= 0.6 is 46.1 Å². The summed E-state index contributed by atoms with van der Waals surface area (Å²) in [6.45, 7) is 0. The monoisotopic (exact) mass is 462 g/mol. The van der Waals surface area contributed by atoms with Gasteiger partial charge in [-0.05, 0) is 36.4 Å². The first-order chi connectivity index (χ1) is 12.7. The van der Waals surface area contributed by atoms with Crippen LogP contribution in [-0.4, -0.2) is 24.6 Å². The molecule has 0 saturated carbocycles. The van der Waals surface area contributed by atoms with Crippen LogP contribution in [0.2, 0.25) is 15.1 Å². The molecule has 0 aliphatic carbocycles. The van der Waals surface area contributed by atoms with E-state index in [2.05, 4.69) is 4.99 Å². The Morgan fingerprint density at radius 2 is 1.78 bits per heavy atom. The number of rotatable bonds is 4. The maximum atomic E-state index is 12.3. The number of carbonyl (C=O) groups excluding carboxylic acids is 1. The Morgan fingerprint density at radius 1 is 1.11 bits per heavy atom. The lowest BCUT2D eigenvalue weighted by Gasteiger charge is -2.03. The van der Waals surface area contributed by atoms with Crippen molar-refractivity contribution >= 4 is 72.1 Å². The van der Waals surface area contributed by atoms with Gasteiger partial charge in [-0.15, -0.1) is 0 Å². The van der Waals surface area contributed by atoms with Gasteiger partial charge in [-0.25, -0.2) is 8.42 Å². The Labute approximate surface area is 174 Å². The lowest BCUT2D eigenvalue weighted by molar-refractivity contribution is -0.117. The minimum atomic E-state index is -3.59. The molecular weight excluding hydrogens is 451 g/mol. The van der Waals surface area contributed by atoms with Crippen LogP contribution in [0.5, 0.6) is 0 Å². The first kappa shape index (κ1) is 20.4. The van der Waals surface area contributed by atoms with Crippen LogP contribution in [-0.2, 0) is 21.7 Å². The van der Waals surface area contributed by atoms with Gasteiger partial charge in [-0.2, -0.15) is 4.99 Å². The third-order valence-corrected chi connectivity index (χ3v) is 7.36. The number of thiazole rings is 1. The Hall–Kier alpha value is -1.38. The van der Waals surface area contributed by atoms with E-state index < -0.39 is 15.7 Å². The number of fused-ring (bicyclic) bond motifs is 1. The number of hydrogen-bond donors (Lipinski definition) is 0. The molecule has 0 radical (unpaired) electrons. The number of aromatic nitrogens is 1. The summed E-state index contributed by atoms with van der Waals surface area (Å²) >= 11 is 19.2. The molecule has 0 aliphatic rings. The Bertz CT molecular complexity index is 1200. The molecule has 27 heavy (non-hydrogen) atoms. The molecule has 1 amide bonds. The maximum Gasteiger partial charge on any atom is 0.249 e. The topological polar surface area (TPSA) is 68.5 Å². The molecule has 5 nitrogen and oxygen atoms in total. The average Bonchev–Trinajstić information content (AvgIpc) is 2.89. The van der Waals surface area contributed by atoms with Crippen molar-refractivity contribution in [3.05, 3.63) is 56.3 Å². The van der Waals surface area contributed by atoms with Crippen LogP contribution < -0.4 is 4.80 Å². The number of amides is 1. The van der Waals surface area contributed by atoms with Crippen molar-refractivity contribution in [3.63, 3.8) is 0 Å². The van der Waals surface area contributed by atoms with Crippen LogP contribution in [0.1, 0.15) is 6.42 Å². The third-order valence-electron chi connectivity index (χ3n) is 3.79. The van der Waals surface area contributed by atoms with E-state index in [9.17, 15) is 13.2 Å². The first-order valence-electron chi connectivity index (χ1n) is 7.68. The molecule has 0 unspecified atom stereocenters. The molecule has 142 valence electrons. The van der Waals surface area contributed by atoms with Crippen molar-refractivity contribution in [3.8, 4) is 0 Å². The molecule has 0 spiro atoms. The Balaban J connectivity index is 1.83. The van der Waals surface area contributed by atoms with E-state index in [4.69, 9.17) is 34.8 Å². The van der Waals surface area contributed by atoms with Crippen molar-refractivity contribution in [2.24, 2.45) is 12.0 Å².